The van der Waals surface area contributed by atoms with Gasteiger partial charge in [-0.15, -0.1) is 0 Å². The Bertz CT molecular complexity index is 607. The minimum absolute atomic E-state index is 0.0320. The lowest BCUT2D eigenvalue weighted by Crippen LogP contribution is -2.38. The van der Waals surface area contributed by atoms with Gasteiger partial charge in [-0.2, -0.15) is 0 Å². The lowest BCUT2D eigenvalue weighted by Gasteiger charge is -2.30. The Morgan fingerprint density at radius 3 is 2.56 bits per heavy atom. The van der Waals surface area contributed by atoms with Gasteiger partial charge in [-0.05, 0) is 37.1 Å². The van der Waals surface area contributed by atoms with Crippen LogP contribution in [0.25, 0.3) is 0 Å². The molecule has 1 heterocycles. The predicted octanol–water partition coefficient (Wildman–Crippen LogP) is 0.982. The fraction of sp³-hybridized carbons (Fsp3) is 0.417. The molecule has 98 valence electrons. The first-order valence-corrected chi connectivity index (χ1v) is 7.27. The Hall–Kier alpha value is -1.56. The number of aliphatic carboxylic acids is 1. The number of anilines is 1. The van der Waals surface area contributed by atoms with Crippen LogP contribution in [0.2, 0.25) is 0 Å². The molecule has 1 N–H and O–H groups in total. The van der Waals surface area contributed by atoms with Crippen LogP contribution in [0.5, 0.6) is 0 Å². The lowest BCUT2D eigenvalue weighted by atomic mass is 10.1. The summed E-state index contributed by atoms with van der Waals surface area (Å²) in [6.07, 6.45) is 0. The van der Waals surface area contributed by atoms with Crippen LogP contribution in [-0.2, 0) is 14.6 Å². The van der Waals surface area contributed by atoms with Crippen LogP contribution in [0.3, 0.4) is 0 Å². The number of hydrogen-bond donors (Lipinski definition) is 1. The van der Waals surface area contributed by atoms with Gasteiger partial charge < -0.3 is 10.0 Å². The largest absolute Gasteiger partial charge is 0.480 e. The molecule has 1 aromatic rings. The number of carboxylic acids is 1. The molecule has 0 radical (unpaired) electrons. The van der Waals surface area contributed by atoms with Crippen molar-refractivity contribution in [1.82, 2.24) is 0 Å². The molecule has 0 aliphatic carbocycles. The van der Waals surface area contributed by atoms with Crippen LogP contribution in [0.4, 0.5) is 5.69 Å². The first-order valence-electron chi connectivity index (χ1n) is 5.62. The average molecular weight is 269 g/mol. The number of rotatable bonds is 2. The molecular weight excluding hydrogens is 254 g/mol. The van der Waals surface area contributed by atoms with Crippen molar-refractivity contribution >= 4 is 21.5 Å². The lowest BCUT2D eigenvalue weighted by molar-refractivity contribution is -0.135. The second-order valence-corrected chi connectivity index (χ2v) is 6.62. The zero-order valence-corrected chi connectivity index (χ0v) is 11.1. The van der Waals surface area contributed by atoms with E-state index in [1.54, 1.807) is 17.0 Å². The van der Waals surface area contributed by atoms with E-state index >= 15 is 0 Å². The predicted molar refractivity (Wildman–Crippen MR) is 67.8 cm³/mol. The molecular formula is C12H15NO4S. The van der Waals surface area contributed by atoms with Crippen molar-refractivity contribution in [3.8, 4) is 0 Å². The van der Waals surface area contributed by atoms with Gasteiger partial charge in [0.25, 0.3) is 0 Å². The van der Waals surface area contributed by atoms with E-state index in [9.17, 15) is 13.2 Å². The van der Waals surface area contributed by atoms with Crippen molar-refractivity contribution in [3.05, 3.63) is 23.3 Å². The van der Waals surface area contributed by atoms with Gasteiger partial charge in [-0.3, -0.25) is 4.79 Å². The summed E-state index contributed by atoms with van der Waals surface area (Å²) in [5.74, 6) is -0.992. The molecule has 2 rings (SSSR count). The highest BCUT2D eigenvalue weighted by Crippen LogP contribution is 2.32. The minimum atomic E-state index is -3.28. The SMILES string of the molecule is Cc1cc2c(cc1C)S(=O)(=O)CCN2CC(=O)O. The molecule has 0 amide bonds. The highest BCUT2D eigenvalue weighted by Gasteiger charge is 2.29. The maximum Gasteiger partial charge on any atom is 0.323 e. The van der Waals surface area contributed by atoms with Gasteiger partial charge in [-0.25, -0.2) is 8.42 Å². The third kappa shape index (κ3) is 2.20. The Kier molecular flexibility index (Phi) is 3.06. The molecule has 1 aliphatic heterocycles. The van der Waals surface area contributed by atoms with Crippen LogP contribution in [-0.4, -0.2) is 38.3 Å². The van der Waals surface area contributed by atoms with E-state index in [1.165, 1.54) is 0 Å². The van der Waals surface area contributed by atoms with Crippen LogP contribution in [0.1, 0.15) is 11.1 Å². The summed E-state index contributed by atoms with van der Waals surface area (Å²) in [5, 5.41) is 8.85. The first-order chi connectivity index (χ1) is 8.31. The number of hydrogen-bond acceptors (Lipinski definition) is 4. The van der Waals surface area contributed by atoms with Crippen LogP contribution in [0, 0.1) is 13.8 Å². The molecule has 0 unspecified atom stereocenters. The maximum atomic E-state index is 12.0. The summed E-state index contributed by atoms with van der Waals surface area (Å²) in [5.41, 5.74) is 2.36. The number of sulfone groups is 1. The van der Waals surface area contributed by atoms with Crippen molar-refractivity contribution in [2.24, 2.45) is 0 Å². The van der Waals surface area contributed by atoms with E-state index in [2.05, 4.69) is 0 Å². The molecule has 5 nitrogen and oxygen atoms in total. The molecule has 0 spiro atoms. The number of fused-ring (bicyclic) bond motifs is 1. The molecule has 1 aliphatic rings. The van der Waals surface area contributed by atoms with Crippen molar-refractivity contribution in [3.63, 3.8) is 0 Å². The van der Waals surface area contributed by atoms with Crippen LogP contribution < -0.4 is 4.90 Å². The summed E-state index contributed by atoms with van der Waals surface area (Å²) >= 11 is 0. The van der Waals surface area contributed by atoms with Gasteiger partial charge >= 0.3 is 5.97 Å². The summed E-state index contributed by atoms with van der Waals surface area (Å²) < 4.78 is 24.0. The van der Waals surface area contributed by atoms with E-state index < -0.39 is 15.8 Å². The third-order valence-corrected chi connectivity index (χ3v) is 4.92. The molecule has 0 bridgehead atoms. The second-order valence-electron chi connectivity index (χ2n) is 4.54. The van der Waals surface area contributed by atoms with Gasteiger partial charge in [0.15, 0.2) is 9.84 Å². The number of aryl methyl sites for hydroxylation is 2. The van der Waals surface area contributed by atoms with E-state index in [-0.39, 0.29) is 23.7 Å². The highest BCUT2D eigenvalue weighted by molar-refractivity contribution is 7.91. The van der Waals surface area contributed by atoms with Gasteiger partial charge in [0.05, 0.1) is 16.3 Å². The van der Waals surface area contributed by atoms with E-state index in [0.29, 0.717) is 5.69 Å². The summed E-state index contributed by atoms with van der Waals surface area (Å²) in [6, 6.07) is 3.39. The van der Waals surface area contributed by atoms with Crippen molar-refractivity contribution in [2.45, 2.75) is 18.7 Å². The van der Waals surface area contributed by atoms with Gasteiger partial charge in [0, 0.05) is 6.54 Å². The smallest absolute Gasteiger partial charge is 0.323 e. The van der Waals surface area contributed by atoms with Gasteiger partial charge in [0.1, 0.15) is 6.54 Å². The van der Waals surface area contributed by atoms with Crippen molar-refractivity contribution in [2.75, 3.05) is 23.7 Å². The highest BCUT2D eigenvalue weighted by atomic mass is 32.2. The molecule has 0 saturated carbocycles. The minimum Gasteiger partial charge on any atom is -0.480 e. The van der Waals surface area contributed by atoms with Gasteiger partial charge in [-0.1, -0.05) is 0 Å². The molecule has 0 aromatic heterocycles. The Morgan fingerprint density at radius 1 is 1.33 bits per heavy atom. The number of benzene rings is 1. The standard InChI is InChI=1S/C12H15NO4S/c1-8-5-10-11(6-9(8)2)18(16,17)4-3-13(10)7-12(14)15/h5-6H,3-4,7H2,1-2H3,(H,14,15). The molecule has 1 aromatic carbocycles. The zero-order chi connectivity index (χ0) is 13.5. The first kappa shape index (κ1) is 12.9. The summed E-state index contributed by atoms with van der Waals surface area (Å²) in [7, 11) is -3.28. The fourth-order valence-electron chi connectivity index (χ4n) is 2.06. The van der Waals surface area contributed by atoms with E-state index in [4.69, 9.17) is 5.11 Å². The number of carbonyl (C=O) groups is 1. The summed E-state index contributed by atoms with van der Waals surface area (Å²) in [4.78, 5) is 12.7. The number of carboxylic acid groups (broad SMARTS) is 1. The second kappa shape index (κ2) is 4.28. The fourth-order valence-corrected chi connectivity index (χ4v) is 3.60. The monoisotopic (exact) mass is 269 g/mol. The average Bonchev–Trinajstić information content (AvgIpc) is 2.25. The van der Waals surface area contributed by atoms with Gasteiger partial charge in [0.2, 0.25) is 0 Å². The zero-order valence-electron chi connectivity index (χ0n) is 10.3. The van der Waals surface area contributed by atoms with E-state index in [1.807, 2.05) is 13.8 Å². The molecule has 18 heavy (non-hydrogen) atoms. The van der Waals surface area contributed by atoms with Crippen molar-refractivity contribution < 1.29 is 18.3 Å². The number of nitrogens with zero attached hydrogens (tertiary/aromatic N) is 1. The Balaban J connectivity index is 2.59. The normalized spacial score (nSPS) is 17.3. The maximum absolute atomic E-state index is 12.0. The topological polar surface area (TPSA) is 74.7 Å². The summed E-state index contributed by atoms with van der Waals surface area (Å²) in [6.45, 7) is 3.78. The molecule has 0 saturated heterocycles. The van der Waals surface area contributed by atoms with Crippen molar-refractivity contribution in [1.29, 1.82) is 0 Å². The van der Waals surface area contributed by atoms with E-state index in [0.717, 1.165) is 11.1 Å². The Labute approximate surface area is 106 Å². The molecule has 0 atom stereocenters. The van der Waals surface area contributed by atoms with Crippen LogP contribution >= 0.6 is 0 Å². The molecule has 6 heteroatoms. The third-order valence-electron chi connectivity index (χ3n) is 3.21. The Morgan fingerprint density at radius 2 is 1.94 bits per heavy atom. The molecule has 0 fully saturated rings. The quantitative estimate of drug-likeness (QED) is 0.866. The van der Waals surface area contributed by atoms with Crippen LogP contribution in [0.15, 0.2) is 17.0 Å².